The number of nitrogens with zero attached hydrogens (tertiary/aromatic N) is 4. The van der Waals surface area contributed by atoms with Gasteiger partial charge in [0, 0.05) is 32.4 Å². The van der Waals surface area contributed by atoms with Crippen LogP contribution >= 0.6 is 0 Å². The first-order valence-electron chi connectivity index (χ1n) is 12.4. The van der Waals surface area contributed by atoms with E-state index in [1.54, 1.807) is 20.8 Å². The third-order valence-corrected chi connectivity index (χ3v) is 5.45. The van der Waals surface area contributed by atoms with Crippen LogP contribution in [0.2, 0.25) is 0 Å². The van der Waals surface area contributed by atoms with Crippen LogP contribution in [0.15, 0.2) is 30.8 Å². The van der Waals surface area contributed by atoms with E-state index in [1.807, 2.05) is 50.1 Å². The summed E-state index contributed by atoms with van der Waals surface area (Å²) >= 11 is 0. The molecule has 0 atom stereocenters. The average Bonchev–Trinajstić information content (AvgIpc) is 2.82. The number of anilines is 3. The number of likely N-dealkylation sites (N-methyl/N-ethyl adjacent to an activating group) is 1. The Morgan fingerprint density at radius 3 is 2.45 bits per heavy atom. The van der Waals surface area contributed by atoms with Crippen LogP contribution in [-0.4, -0.2) is 71.6 Å². The van der Waals surface area contributed by atoms with Crippen LogP contribution in [0.3, 0.4) is 0 Å². The van der Waals surface area contributed by atoms with Gasteiger partial charge >= 0.3 is 6.09 Å². The zero-order valence-electron chi connectivity index (χ0n) is 23.3. The predicted octanol–water partition coefficient (Wildman–Crippen LogP) is 3.33. The summed E-state index contributed by atoms with van der Waals surface area (Å²) in [6.07, 6.45) is 1.52. The van der Waals surface area contributed by atoms with Gasteiger partial charge in [0.1, 0.15) is 17.8 Å². The zero-order valence-corrected chi connectivity index (χ0v) is 23.3. The molecule has 38 heavy (non-hydrogen) atoms. The van der Waals surface area contributed by atoms with Crippen molar-refractivity contribution in [2.75, 3.05) is 37.4 Å². The van der Waals surface area contributed by atoms with E-state index in [9.17, 15) is 14.4 Å². The molecule has 0 bridgehead atoms. The first-order chi connectivity index (χ1) is 17.7. The van der Waals surface area contributed by atoms with Gasteiger partial charge in [0.2, 0.25) is 5.91 Å². The van der Waals surface area contributed by atoms with Crippen LogP contribution in [-0.2, 0) is 16.0 Å². The van der Waals surface area contributed by atoms with Crippen LogP contribution in [0.5, 0.6) is 0 Å². The number of amides is 3. The maximum absolute atomic E-state index is 12.3. The molecule has 0 radical (unpaired) electrons. The van der Waals surface area contributed by atoms with Crippen molar-refractivity contribution in [2.24, 2.45) is 5.73 Å². The van der Waals surface area contributed by atoms with Crippen molar-refractivity contribution in [2.45, 2.75) is 52.7 Å². The van der Waals surface area contributed by atoms with Gasteiger partial charge in [0.05, 0.1) is 0 Å². The first-order valence-corrected chi connectivity index (χ1v) is 12.4. The SMILES string of the molecule is C=Cc1nc(C(N)=O)c(Nc2cccc(CCNC(=O)CN(C)C(=O)OC(C)(C)C)c2)nc1N(C)C(C)C. The highest BCUT2D eigenvalue weighted by molar-refractivity contribution is 5.97. The van der Waals surface area contributed by atoms with Crippen molar-refractivity contribution in [1.82, 2.24) is 20.2 Å². The summed E-state index contributed by atoms with van der Waals surface area (Å²) in [5.74, 6) is -0.200. The van der Waals surface area contributed by atoms with E-state index in [-0.39, 0.29) is 30.0 Å². The Bertz CT molecular complexity index is 1170. The fourth-order valence-corrected chi connectivity index (χ4v) is 3.30. The fourth-order valence-electron chi connectivity index (χ4n) is 3.30. The number of benzene rings is 1. The minimum Gasteiger partial charge on any atom is -0.444 e. The first kappa shape index (κ1) is 30.1. The molecule has 0 saturated carbocycles. The summed E-state index contributed by atoms with van der Waals surface area (Å²) < 4.78 is 5.26. The molecule has 0 saturated heterocycles. The van der Waals surface area contributed by atoms with Gasteiger partial charge in [0.15, 0.2) is 17.3 Å². The molecule has 1 heterocycles. The number of rotatable bonds is 11. The molecule has 0 fully saturated rings. The van der Waals surface area contributed by atoms with Gasteiger partial charge in [-0.2, -0.15) is 0 Å². The number of nitrogens with one attached hydrogen (secondary N) is 2. The van der Waals surface area contributed by atoms with Crippen LogP contribution < -0.4 is 21.3 Å². The minimum atomic E-state index is -0.711. The molecule has 1 aromatic heterocycles. The van der Waals surface area contributed by atoms with Crippen molar-refractivity contribution in [3.8, 4) is 0 Å². The topological polar surface area (TPSA) is 143 Å². The minimum absolute atomic E-state index is 0.00702. The van der Waals surface area contributed by atoms with Crippen molar-refractivity contribution >= 4 is 41.3 Å². The number of carbonyl (C=O) groups excluding carboxylic acids is 3. The molecule has 11 heteroatoms. The largest absolute Gasteiger partial charge is 0.444 e. The van der Waals surface area contributed by atoms with Gasteiger partial charge in [0.25, 0.3) is 5.91 Å². The zero-order chi connectivity index (χ0) is 28.6. The standard InChI is InChI=1S/C27H39N7O4/c1-9-20-25(34(8)17(2)3)32-24(22(31-20)23(28)36)30-19-12-10-11-18(15-19)13-14-29-21(35)16-33(7)26(37)38-27(4,5)6/h9-12,15,17H,1,13-14,16H2,2-8H3,(H2,28,36)(H,29,35)(H,30,32). The molecule has 3 amide bonds. The van der Waals surface area contributed by atoms with Gasteiger partial charge in [-0.25, -0.2) is 14.8 Å². The van der Waals surface area contributed by atoms with E-state index < -0.39 is 17.6 Å². The quantitative estimate of drug-likeness (QED) is 0.405. The molecular weight excluding hydrogens is 486 g/mol. The van der Waals surface area contributed by atoms with Crippen molar-refractivity contribution < 1.29 is 19.1 Å². The molecule has 0 unspecified atom stereocenters. The summed E-state index contributed by atoms with van der Waals surface area (Å²) in [4.78, 5) is 48.6. The normalized spacial score (nSPS) is 11.1. The summed E-state index contributed by atoms with van der Waals surface area (Å²) in [5.41, 5.74) is 7.03. The van der Waals surface area contributed by atoms with Gasteiger partial charge in [-0.3, -0.25) is 9.59 Å². The summed E-state index contributed by atoms with van der Waals surface area (Å²) in [7, 11) is 3.40. The molecule has 0 aliphatic carbocycles. The van der Waals surface area contributed by atoms with Crippen LogP contribution in [0.25, 0.3) is 6.08 Å². The summed E-state index contributed by atoms with van der Waals surface area (Å²) in [5, 5.41) is 5.96. The summed E-state index contributed by atoms with van der Waals surface area (Å²) in [6.45, 7) is 13.4. The average molecular weight is 526 g/mol. The number of carbonyl (C=O) groups is 3. The Balaban J connectivity index is 2.09. The van der Waals surface area contributed by atoms with E-state index in [2.05, 4.69) is 27.2 Å². The van der Waals surface area contributed by atoms with Gasteiger partial charge in [-0.1, -0.05) is 18.7 Å². The maximum Gasteiger partial charge on any atom is 0.410 e. The van der Waals surface area contributed by atoms with Crippen molar-refractivity contribution in [1.29, 1.82) is 0 Å². The Morgan fingerprint density at radius 2 is 1.87 bits per heavy atom. The smallest absolute Gasteiger partial charge is 0.410 e. The van der Waals surface area contributed by atoms with Crippen LogP contribution in [0.4, 0.5) is 22.1 Å². The van der Waals surface area contributed by atoms with Crippen molar-refractivity contribution in [3.05, 3.63) is 47.8 Å². The van der Waals surface area contributed by atoms with E-state index in [4.69, 9.17) is 10.5 Å². The number of hydrogen-bond acceptors (Lipinski definition) is 8. The Hall–Kier alpha value is -4.15. The van der Waals surface area contributed by atoms with Gasteiger partial charge < -0.3 is 30.9 Å². The Kier molecular flexibility index (Phi) is 10.2. The third-order valence-electron chi connectivity index (χ3n) is 5.45. The maximum atomic E-state index is 12.3. The molecule has 2 aromatic rings. The van der Waals surface area contributed by atoms with E-state index in [0.717, 1.165) is 5.56 Å². The Labute approximate surface area is 224 Å². The van der Waals surface area contributed by atoms with E-state index in [1.165, 1.54) is 18.0 Å². The predicted molar refractivity (Wildman–Crippen MR) is 149 cm³/mol. The number of nitrogens with two attached hydrogens (primary N) is 1. The molecule has 206 valence electrons. The lowest BCUT2D eigenvalue weighted by Gasteiger charge is -2.25. The highest BCUT2D eigenvalue weighted by Gasteiger charge is 2.22. The lowest BCUT2D eigenvalue weighted by Crippen LogP contribution is -2.41. The highest BCUT2D eigenvalue weighted by atomic mass is 16.6. The molecular formula is C27H39N7O4. The fraction of sp³-hybridized carbons (Fsp3) is 0.444. The monoisotopic (exact) mass is 525 g/mol. The van der Waals surface area contributed by atoms with Gasteiger partial charge in [-0.05, 0) is 64.8 Å². The lowest BCUT2D eigenvalue weighted by atomic mass is 10.1. The molecule has 11 nitrogen and oxygen atoms in total. The number of aromatic nitrogens is 2. The number of ether oxygens (including phenoxy) is 1. The van der Waals surface area contributed by atoms with Crippen molar-refractivity contribution in [3.63, 3.8) is 0 Å². The second-order valence-electron chi connectivity index (χ2n) is 10.2. The molecule has 4 N–H and O–H groups in total. The highest BCUT2D eigenvalue weighted by Crippen LogP contribution is 2.26. The van der Waals surface area contributed by atoms with E-state index >= 15 is 0 Å². The number of primary amides is 1. The number of hydrogen-bond donors (Lipinski definition) is 3. The lowest BCUT2D eigenvalue weighted by molar-refractivity contribution is -0.121. The summed E-state index contributed by atoms with van der Waals surface area (Å²) in [6, 6.07) is 7.63. The second-order valence-corrected chi connectivity index (χ2v) is 10.2. The second kappa shape index (κ2) is 12.9. The Morgan fingerprint density at radius 1 is 1.18 bits per heavy atom. The van der Waals surface area contributed by atoms with Crippen LogP contribution in [0.1, 0.15) is 56.4 Å². The van der Waals surface area contributed by atoms with E-state index in [0.29, 0.717) is 30.2 Å². The molecule has 0 spiro atoms. The van der Waals surface area contributed by atoms with Gasteiger partial charge in [-0.15, -0.1) is 0 Å². The molecule has 1 aromatic carbocycles. The third kappa shape index (κ3) is 8.75. The van der Waals surface area contributed by atoms with Crippen LogP contribution in [0, 0.1) is 0 Å². The molecule has 0 aliphatic rings. The molecule has 0 aliphatic heterocycles. The molecule has 2 rings (SSSR count).